The predicted molar refractivity (Wildman–Crippen MR) is 74.7 cm³/mol. The van der Waals surface area contributed by atoms with Crippen LogP contribution >= 0.6 is 0 Å². The molecule has 3 aromatic heterocycles. The average molecular weight is 252 g/mol. The number of nitrogens with one attached hydrogen (secondary N) is 1. The Morgan fingerprint density at radius 2 is 2.11 bits per heavy atom. The Morgan fingerprint density at radius 3 is 2.89 bits per heavy atom. The number of hydrogen-bond acceptors (Lipinski definition) is 3. The maximum atomic E-state index is 4.56. The number of fused-ring (bicyclic) bond motifs is 1. The van der Waals surface area contributed by atoms with Gasteiger partial charge in [0.05, 0.1) is 11.4 Å². The first kappa shape index (κ1) is 11.9. The van der Waals surface area contributed by atoms with Gasteiger partial charge in [-0.25, -0.2) is 4.98 Å². The summed E-state index contributed by atoms with van der Waals surface area (Å²) in [4.78, 5) is 8.90. The Labute approximate surface area is 112 Å². The Kier molecular flexibility index (Phi) is 3.25. The zero-order valence-electron chi connectivity index (χ0n) is 10.8. The van der Waals surface area contributed by atoms with E-state index in [2.05, 4.69) is 22.2 Å². The molecule has 0 radical (unpaired) electrons. The van der Waals surface area contributed by atoms with Gasteiger partial charge >= 0.3 is 0 Å². The fourth-order valence-electron chi connectivity index (χ4n) is 2.07. The molecule has 3 aromatic rings. The van der Waals surface area contributed by atoms with Crippen LogP contribution in [0.2, 0.25) is 0 Å². The van der Waals surface area contributed by atoms with Gasteiger partial charge in [0, 0.05) is 31.2 Å². The lowest BCUT2D eigenvalue weighted by Gasteiger charge is -2.11. The molecule has 0 spiro atoms. The first-order valence-electron chi connectivity index (χ1n) is 6.40. The van der Waals surface area contributed by atoms with Gasteiger partial charge in [0.1, 0.15) is 5.65 Å². The molecule has 0 aliphatic rings. The van der Waals surface area contributed by atoms with E-state index in [-0.39, 0.29) is 6.04 Å². The number of hydrogen-bond donors (Lipinski definition) is 1. The Morgan fingerprint density at radius 1 is 1.21 bits per heavy atom. The molecule has 0 aliphatic carbocycles. The highest BCUT2D eigenvalue weighted by molar-refractivity contribution is 5.39. The highest BCUT2D eigenvalue weighted by atomic mass is 15.0. The summed E-state index contributed by atoms with van der Waals surface area (Å²) in [6, 6.07) is 12.2. The molecule has 96 valence electrons. The van der Waals surface area contributed by atoms with Crippen molar-refractivity contribution in [1.82, 2.24) is 19.7 Å². The third kappa shape index (κ3) is 2.63. The zero-order valence-corrected chi connectivity index (χ0v) is 10.8. The average Bonchev–Trinajstić information content (AvgIpc) is 2.88. The molecule has 0 bridgehead atoms. The van der Waals surface area contributed by atoms with E-state index < -0.39 is 0 Å². The van der Waals surface area contributed by atoms with Gasteiger partial charge in [-0.05, 0) is 31.2 Å². The second-order valence-corrected chi connectivity index (χ2v) is 4.56. The van der Waals surface area contributed by atoms with E-state index in [1.807, 2.05) is 59.4 Å². The molecule has 0 amide bonds. The normalized spacial score (nSPS) is 12.7. The number of nitrogens with zero attached hydrogens (tertiary/aromatic N) is 3. The molecule has 1 N–H and O–H groups in total. The summed E-state index contributed by atoms with van der Waals surface area (Å²) in [6.45, 7) is 2.84. The van der Waals surface area contributed by atoms with Crippen molar-refractivity contribution >= 4 is 5.65 Å². The lowest BCUT2D eigenvalue weighted by Crippen LogP contribution is -2.19. The van der Waals surface area contributed by atoms with Crippen LogP contribution in [0.3, 0.4) is 0 Å². The van der Waals surface area contributed by atoms with Gasteiger partial charge in [-0.3, -0.25) is 4.98 Å². The topological polar surface area (TPSA) is 42.2 Å². The summed E-state index contributed by atoms with van der Waals surface area (Å²) in [5, 5.41) is 3.44. The molecular formula is C15H16N4. The summed E-state index contributed by atoms with van der Waals surface area (Å²) in [5.41, 5.74) is 3.06. The molecule has 0 fully saturated rings. The van der Waals surface area contributed by atoms with Crippen molar-refractivity contribution in [2.75, 3.05) is 0 Å². The molecule has 3 heterocycles. The molecule has 0 aliphatic heterocycles. The van der Waals surface area contributed by atoms with Crippen LogP contribution in [0.5, 0.6) is 0 Å². The van der Waals surface area contributed by atoms with Gasteiger partial charge in [0.2, 0.25) is 0 Å². The second kappa shape index (κ2) is 5.20. The van der Waals surface area contributed by atoms with Gasteiger partial charge in [0.25, 0.3) is 0 Å². The molecule has 0 unspecified atom stereocenters. The van der Waals surface area contributed by atoms with Crippen molar-refractivity contribution in [3.63, 3.8) is 0 Å². The van der Waals surface area contributed by atoms with Crippen molar-refractivity contribution in [2.45, 2.75) is 19.5 Å². The first-order chi connectivity index (χ1) is 9.33. The highest BCUT2D eigenvalue weighted by Gasteiger charge is 2.07. The third-order valence-electron chi connectivity index (χ3n) is 3.13. The van der Waals surface area contributed by atoms with Crippen molar-refractivity contribution < 1.29 is 0 Å². The highest BCUT2D eigenvalue weighted by Crippen LogP contribution is 2.10. The Bertz CT molecular complexity index is 627. The van der Waals surface area contributed by atoms with Crippen LogP contribution in [0.15, 0.2) is 55.0 Å². The van der Waals surface area contributed by atoms with Gasteiger partial charge in [-0.1, -0.05) is 12.1 Å². The Hall–Kier alpha value is -2.20. The predicted octanol–water partition coefficient (Wildman–Crippen LogP) is 2.58. The largest absolute Gasteiger partial charge is 0.307 e. The van der Waals surface area contributed by atoms with Crippen LogP contribution in [0.1, 0.15) is 24.4 Å². The van der Waals surface area contributed by atoms with Crippen molar-refractivity contribution in [2.24, 2.45) is 0 Å². The van der Waals surface area contributed by atoms with Crippen LogP contribution in [-0.4, -0.2) is 14.4 Å². The summed E-state index contributed by atoms with van der Waals surface area (Å²) >= 11 is 0. The number of imidazole rings is 1. The van der Waals surface area contributed by atoms with Crippen LogP contribution < -0.4 is 5.32 Å². The summed E-state index contributed by atoms with van der Waals surface area (Å²) in [6.07, 6.45) is 5.87. The molecule has 3 rings (SSSR count). The second-order valence-electron chi connectivity index (χ2n) is 4.56. The molecule has 1 atom stereocenters. The minimum Gasteiger partial charge on any atom is -0.307 e. The molecule has 19 heavy (non-hydrogen) atoms. The van der Waals surface area contributed by atoms with E-state index in [1.54, 1.807) is 0 Å². The first-order valence-corrected chi connectivity index (χ1v) is 6.40. The molecule has 0 saturated carbocycles. The lowest BCUT2D eigenvalue weighted by atomic mass is 10.2. The van der Waals surface area contributed by atoms with E-state index in [9.17, 15) is 0 Å². The maximum absolute atomic E-state index is 4.56. The summed E-state index contributed by atoms with van der Waals surface area (Å²) < 4.78 is 2.03. The molecule has 4 heteroatoms. The fraction of sp³-hybridized carbons (Fsp3) is 0.200. The van der Waals surface area contributed by atoms with Gasteiger partial charge in [-0.2, -0.15) is 0 Å². The summed E-state index contributed by atoms with van der Waals surface area (Å²) in [5.74, 6) is 0. The Balaban J connectivity index is 1.69. The van der Waals surface area contributed by atoms with Crippen molar-refractivity contribution in [1.29, 1.82) is 0 Å². The number of rotatable bonds is 4. The molecule has 0 saturated heterocycles. The molecule has 4 nitrogen and oxygen atoms in total. The SMILES string of the molecule is C[C@@H](NCc1cn2ccccc2n1)c1ccccn1. The van der Waals surface area contributed by atoms with Gasteiger partial charge < -0.3 is 9.72 Å². The van der Waals surface area contributed by atoms with Crippen molar-refractivity contribution in [3.8, 4) is 0 Å². The monoisotopic (exact) mass is 252 g/mol. The molecular weight excluding hydrogens is 236 g/mol. The van der Waals surface area contributed by atoms with Gasteiger partial charge in [-0.15, -0.1) is 0 Å². The maximum Gasteiger partial charge on any atom is 0.137 e. The standard InChI is InChI=1S/C15H16N4/c1-12(14-6-2-4-8-16-14)17-10-13-11-19-9-5-3-7-15(19)18-13/h2-9,11-12,17H,10H2,1H3/t12-/m1/s1. The van der Waals surface area contributed by atoms with E-state index in [1.165, 1.54) is 0 Å². The minimum atomic E-state index is 0.214. The van der Waals surface area contributed by atoms with E-state index in [0.717, 1.165) is 23.6 Å². The number of aromatic nitrogens is 3. The third-order valence-corrected chi connectivity index (χ3v) is 3.13. The van der Waals surface area contributed by atoms with Crippen LogP contribution in [0.25, 0.3) is 5.65 Å². The lowest BCUT2D eigenvalue weighted by molar-refractivity contribution is 0.556. The zero-order chi connectivity index (χ0) is 13.1. The summed E-state index contributed by atoms with van der Waals surface area (Å²) in [7, 11) is 0. The fourth-order valence-corrected chi connectivity index (χ4v) is 2.07. The van der Waals surface area contributed by atoms with Crippen LogP contribution in [-0.2, 0) is 6.54 Å². The van der Waals surface area contributed by atoms with E-state index in [0.29, 0.717) is 0 Å². The minimum absolute atomic E-state index is 0.214. The van der Waals surface area contributed by atoms with Crippen LogP contribution in [0.4, 0.5) is 0 Å². The van der Waals surface area contributed by atoms with E-state index >= 15 is 0 Å². The number of pyridine rings is 2. The quantitative estimate of drug-likeness (QED) is 0.776. The van der Waals surface area contributed by atoms with Gasteiger partial charge in [0.15, 0.2) is 0 Å². The smallest absolute Gasteiger partial charge is 0.137 e. The van der Waals surface area contributed by atoms with Crippen molar-refractivity contribution in [3.05, 3.63) is 66.4 Å². The molecule has 0 aromatic carbocycles. The van der Waals surface area contributed by atoms with E-state index in [4.69, 9.17) is 0 Å². The van der Waals surface area contributed by atoms with Crippen LogP contribution in [0, 0.1) is 0 Å².